The van der Waals surface area contributed by atoms with Gasteiger partial charge in [0.15, 0.2) is 0 Å². The van der Waals surface area contributed by atoms with Crippen LogP contribution in [0.5, 0.6) is 0 Å². The molecule has 7 heteroatoms. The second-order valence-electron chi connectivity index (χ2n) is 7.59. The van der Waals surface area contributed by atoms with Gasteiger partial charge in [-0.2, -0.15) is 0 Å². The van der Waals surface area contributed by atoms with Gasteiger partial charge in [0.25, 0.3) is 5.91 Å². The van der Waals surface area contributed by atoms with Gasteiger partial charge in [0.2, 0.25) is 10.0 Å². The highest BCUT2D eigenvalue weighted by Gasteiger charge is 2.28. The molecule has 0 spiro atoms. The Kier molecular flexibility index (Phi) is 4.88. The fraction of sp³-hybridized carbons (Fsp3) is 0.273. The average Bonchev–Trinajstić information content (AvgIpc) is 3.56. The Labute approximate surface area is 170 Å². The second kappa shape index (κ2) is 7.24. The summed E-state index contributed by atoms with van der Waals surface area (Å²) in [6.45, 7) is 1.91. The number of carbonyl (C=O) groups is 1. The highest BCUT2D eigenvalue weighted by atomic mass is 32.2. The number of fused-ring (bicyclic) bond motifs is 1. The number of hydrogen-bond acceptors (Lipinski definition) is 4. The standard InChI is InChI=1S/C22H23N3O3S/c1-14(15-9-11-17(12-10-15)29(23,27)28)25(2)22(26)19-13-21(16-7-8-16)24-20-6-4-3-5-18(19)20/h3-6,9-14,16H,7-8H2,1-2H3,(H2,23,27,28)/t14-/m1/s1. The fourth-order valence-electron chi connectivity index (χ4n) is 3.49. The van der Waals surface area contributed by atoms with Crippen LogP contribution in [0.25, 0.3) is 10.9 Å². The number of para-hydroxylation sites is 1. The Balaban J connectivity index is 1.67. The number of amides is 1. The van der Waals surface area contributed by atoms with Gasteiger partial charge in [0.05, 0.1) is 22.0 Å². The molecule has 1 amide bonds. The minimum atomic E-state index is -3.74. The molecule has 2 N–H and O–H groups in total. The van der Waals surface area contributed by atoms with E-state index in [1.54, 1.807) is 24.1 Å². The van der Waals surface area contributed by atoms with Crippen molar-refractivity contribution >= 4 is 26.8 Å². The first kappa shape index (κ1) is 19.5. The predicted octanol–water partition coefficient (Wildman–Crippen LogP) is 3.59. The van der Waals surface area contributed by atoms with Crippen LogP contribution in [0.1, 0.15) is 53.3 Å². The number of primary sulfonamides is 1. The predicted molar refractivity (Wildman–Crippen MR) is 112 cm³/mol. The molecule has 1 aliphatic carbocycles. The number of aromatic nitrogens is 1. The number of rotatable bonds is 5. The maximum absolute atomic E-state index is 13.4. The molecule has 1 fully saturated rings. The van der Waals surface area contributed by atoms with Crippen molar-refractivity contribution in [3.05, 3.63) is 71.4 Å². The monoisotopic (exact) mass is 409 g/mol. The summed E-state index contributed by atoms with van der Waals surface area (Å²) in [6, 6.07) is 15.7. The minimum absolute atomic E-state index is 0.0524. The molecule has 1 aromatic heterocycles. The van der Waals surface area contributed by atoms with Gasteiger partial charge in [-0.1, -0.05) is 30.3 Å². The summed E-state index contributed by atoms with van der Waals surface area (Å²) >= 11 is 0. The van der Waals surface area contributed by atoms with Gasteiger partial charge in [-0.05, 0) is 49.6 Å². The molecule has 1 saturated carbocycles. The topological polar surface area (TPSA) is 93.4 Å². The molecule has 29 heavy (non-hydrogen) atoms. The summed E-state index contributed by atoms with van der Waals surface area (Å²) in [5, 5.41) is 6.00. The molecule has 6 nitrogen and oxygen atoms in total. The third-order valence-electron chi connectivity index (χ3n) is 5.55. The van der Waals surface area contributed by atoms with Crippen LogP contribution in [0.3, 0.4) is 0 Å². The second-order valence-corrected chi connectivity index (χ2v) is 9.15. The van der Waals surface area contributed by atoms with E-state index in [2.05, 4.69) is 0 Å². The van der Waals surface area contributed by atoms with Gasteiger partial charge in [-0.25, -0.2) is 13.6 Å². The summed E-state index contributed by atoms with van der Waals surface area (Å²) < 4.78 is 22.9. The Morgan fingerprint density at radius 2 is 1.79 bits per heavy atom. The van der Waals surface area contributed by atoms with E-state index in [1.807, 2.05) is 37.3 Å². The number of nitrogens with two attached hydrogens (primary N) is 1. The quantitative estimate of drug-likeness (QED) is 0.697. The van der Waals surface area contributed by atoms with E-state index in [1.165, 1.54) is 12.1 Å². The summed E-state index contributed by atoms with van der Waals surface area (Å²) in [5.74, 6) is 0.355. The van der Waals surface area contributed by atoms with Crippen molar-refractivity contribution < 1.29 is 13.2 Å². The van der Waals surface area contributed by atoms with Crippen LogP contribution in [0.15, 0.2) is 59.5 Å². The number of sulfonamides is 1. The minimum Gasteiger partial charge on any atom is -0.335 e. The first-order chi connectivity index (χ1) is 13.8. The summed E-state index contributed by atoms with van der Waals surface area (Å²) in [5.41, 5.74) is 3.28. The van der Waals surface area contributed by atoms with E-state index < -0.39 is 10.0 Å². The van der Waals surface area contributed by atoms with E-state index in [-0.39, 0.29) is 16.8 Å². The van der Waals surface area contributed by atoms with Crippen molar-refractivity contribution in [3.8, 4) is 0 Å². The molecule has 0 saturated heterocycles. The van der Waals surface area contributed by atoms with E-state index in [4.69, 9.17) is 10.1 Å². The van der Waals surface area contributed by atoms with Crippen molar-refractivity contribution in [1.82, 2.24) is 9.88 Å². The number of nitrogens with zero attached hydrogens (tertiary/aromatic N) is 2. The highest BCUT2D eigenvalue weighted by Crippen LogP contribution is 2.40. The normalized spacial score (nSPS) is 15.3. The maximum Gasteiger partial charge on any atom is 0.254 e. The Bertz CT molecular complexity index is 1190. The Morgan fingerprint density at radius 1 is 1.14 bits per heavy atom. The SMILES string of the molecule is C[C@H](c1ccc(S(N)(=O)=O)cc1)N(C)C(=O)c1cc(C2CC2)nc2ccccc12. The molecule has 0 bridgehead atoms. The summed E-state index contributed by atoms with van der Waals surface area (Å²) in [6.07, 6.45) is 2.23. The summed E-state index contributed by atoms with van der Waals surface area (Å²) in [4.78, 5) is 19.8. The molecule has 3 aromatic rings. The molecule has 1 atom stereocenters. The van der Waals surface area contributed by atoms with Crippen molar-refractivity contribution in [2.45, 2.75) is 36.6 Å². The summed E-state index contributed by atoms with van der Waals surface area (Å²) in [7, 11) is -1.99. The number of hydrogen-bond donors (Lipinski definition) is 1. The average molecular weight is 410 g/mol. The third kappa shape index (κ3) is 3.88. The maximum atomic E-state index is 13.4. The number of benzene rings is 2. The van der Waals surface area contributed by atoms with Gasteiger partial charge in [-0.3, -0.25) is 9.78 Å². The molecule has 1 heterocycles. The smallest absolute Gasteiger partial charge is 0.254 e. The van der Waals surface area contributed by atoms with Crippen molar-refractivity contribution in [2.24, 2.45) is 5.14 Å². The zero-order chi connectivity index (χ0) is 20.8. The van der Waals surface area contributed by atoms with E-state index >= 15 is 0 Å². The lowest BCUT2D eigenvalue weighted by molar-refractivity contribution is 0.0744. The molecule has 0 unspecified atom stereocenters. The van der Waals surface area contributed by atoms with Crippen LogP contribution in [0, 0.1) is 0 Å². The van der Waals surface area contributed by atoms with Crippen molar-refractivity contribution in [2.75, 3.05) is 7.05 Å². The van der Waals surface area contributed by atoms with Gasteiger partial charge in [0.1, 0.15) is 0 Å². The Hall–Kier alpha value is -2.77. The molecule has 2 aromatic carbocycles. The number of carbonyl (C=O) groups excluding carboxylic acids is 1. The highest BCUT2D eigenvalue weighted by molar-refractivity contribution is 7.89. The van der Waals surface area contributed by atoms with Crippen LogP contribution >= 0.6 is 0 Å². The molecule has 4 rings (SSSR count). The van der Waals surface area contributed by atoms with Gasteiger partial charge in [-0.15, -0.1) is 0 Å². The largest absolute Gasteiger partial charge is 0.335 e. The third-order valence-corrected chi connectivity index (χ3v) is 6.48. The van der Waals surface area contributed by atoms with Crippen LogP contribution in [-0.4, -0.2) is 31.3 Å². The van der Waals surface area contributed by atoms with Crippen LogP contribution in [0.2, 0.25) is 0 Å². The lowest BCUT2D eigenvalue weighted by atomic mass is 10.0. The molecule has 1 aliphatic rings. The van der Waals surface area contributed by atoms with E-state index in [9.17, 15) is 13.2 Å². The Morgan fingerprint density at radius 3 is 2.41 bits per heavy atom. The zero-order valence-electron chi connectivity index (χ0n) is 16.4. The van der Waals surface area contributed by atoms with Gasteiger partial charge in [0, 0.05) is 24.0 Å². The molecule has 0 radical (unpaired) electrons. The fourth-order valence-corrected chi connectivity index (χ4v) is 4.00. The van der Waals surface area contributed by atoms with Gasteiger partial charge >= 0.3 is 0 Å². The van der Waals surface area contributed by atoms with Crippen LogP contribution in [-0.2, 0) is 10.0 Å². The van der Waals surface area contributed by atoms with Crippen molar-refractivity contribution in [3.63, 3.8) is 0 Å². The zero-order valence-corrected chi connectivity index (χ0v) is 17.2. The van der Waals surface area contributed by atoms with E-state index in [0.717, 1.165) is 35.0 Å². The lowest BCUT2D eigenvalue weighted by Gasteiger charge is -2.26. The molecule has 0 aliphatic heterocycles. The molecular weight excluding hydrogens is 386 g/mol. The first-order valence-corrected chi connectivity index (χ1v) is 11.1. The van der Waals surface area contributed by atoms with Crippen LogP contribution in [0.4, 0.5) is 0 Å². The lowest BCUT2D eigenvalue weighted by Crippen LogP contribution is -2.30. The van der Waals surface area contributed by atoms with Crippen molar-refractivity contribution in [1.29, 1.82) is 0 Å². The first-order valence-electron chi connectivity index (χ1n) is 9.55. The van der Waals surface area contributed by atoms with Crippen LogP contribution < -0.4 is 5.14 Å². The molecule has 150 valence electrons. The van der Waals surface area contributed by atoms with E-state index in [0.29, 0.717) is 11.5 Å². The number of pyridine rings is 1. The van der Waals surface area contributed by atoms with Gasteiger partial charge < -0.3 is 4.90 Å². The molecular formula is C22H23N3O3S.